The zero-order chi connectivity index (χ0) is 16.3. The lowest BCUT2D eigenvalue weighted by Crippen LogP contribution is -2.44. The zero-order valence-electron chi connectivity index (χ0n) is 14.0. The lowest BCUT2D eigenvalue weighted by atomic mass is 9.78. The summed E-state index contributed by atoms with van der Waals surface area (Å²) in [5, 5.41) is 3.14. The minimum atomic E-state index is -0.397. The van der Waals surface area contributed by atoms with Gasteiger partial charge in [0.2, 0.25) is 0 Å². The van der Waals surface area contributed by atoms with Crippen LogP contribution in [0.2, 0.25) is 0 Å². The molecule has 1 aliphatic heterocycles. The van der Waals surface area contributed by atoms with Crippen molar-refractivity contribution in [2.45, 2.75) is 70.8 Å². The monoisotopic (exact) mass is 308 g/mol. The van der Waals surface area contributed by atoms with Gasteiger partial charge >= 0.3 is 7.48 Å². The molecule has 0 saturated heterocycles. The summed E-state index contributed by atoms with van der Waals surface area (Å²) in [6.07, 6.45) is 5.30. The molecular formula is C16H27BNO2S. The lowest BCUT2D eigenvalue weighted by Gasteiger charge is -2.38. The number of Topliss-reactive ketones (excluding diaryl/α,β-unsaturated/α-hetero) is 1. The van der Waals surface area contributed by atoms with Crippen LogP contribution >= 0.6 is 12.6 Å². The van der Waals surface area contributed by atoms with Gasteiger partial charge in [0.25, 0.3) is 0 Å². The van der Waals surface area contributed by atoms with Crippen LogP contribution in [-0.2, 0) is 9.45 Å². The number of hydrogen-bond acceptors (Lipinski definition) is 4. The highest BCUT2D eigenvalue weighted by Crippen LogP contribution is 2.31. The van der Waals surface area contributed by atoms with Gasteiger partial charge in [-0.15, -0.1) is 0 Å². The topological polar surface area (TPSA) is 38.3 Å². The predicted octanol–water partition coefficient (Wildman–Crippen LogP) is 3.24. The Kier molecular flexibility index (Phi) is 6.17. The first-order valence-electron chi connectivity index (χ1n) is 7.49. The van der Waals surface area contributed by atoms with Gasteiger partial charge in [0.1, 0.15) is 6.04 Å². The molecule has 1 N–H and O–H groups in total. The summed E-state index contributed by atoms with van der Waals surface area (Å²) < 4.78 is 5.65. The Hall–Kier alpha value is -0.675. The van der Waals surface area contributed by atoms with E-state index in [1.165, 1.54) is 0 Å². The molecular weight excluding hydrogens is 281 g/mol. The molecule has 0 bridgehead atoms. The standard InChI is InChI=1S/C16H27BNO2S/c1-7-8-14(19)13-9-11(2)12(10-18-13)17-20-15(3,4)16(5,6)21/h9-10,13,18,21H,7-8H2,1-6H3. The Balaban J connectivity index is 2.64. The summed E-state index contributed by atoms with van der Waals surface area (Å²) in [7, 11) is 1.75. The number of carbonyl (C=O) groups excluding carboxylic acids is 1. The molecule has 0 aromatic rings. The number of hydrogen-bond donors (Lipinski definition) is 2. The summed E-state index contributed by atoms with van der Waals surface area (Å²) in [5.41, 5.74) is 1.61. The zero-order valence-corrected chi connectivity index (χ0v) is 14.9. The average molecular weight is 308 g/mol. The van der Waals surface area contributed by atoms with Gasteiger partial charge in [-0.05, 0) is 52.7 Å². The van der Waals surface area contributed by atoms with Crippen LogP contribution in [0.5, 0.6) is 0 Å². The maximum absolute atomic E-state index is 11.9. The van der Waals surface area contributed by atoms with Crippen LogP contribution in [0.1, 0.15) is 54.4 Å². The molecule has 1 aliphatic rings. The van der Waals surface area contributed by atoms with Crippen LogP contribution in [-0.4, -0.2) is 29.7 Å². The number of thiol groups is 1. The fourth-order valence-corrected chi connectivity index (χ4v) is 1.81. The van der Waals surface area contributed by atoms with E-state index in [1.807, 2.05) is 53.8 Å². The molecule has 0 spiro atoms. The first-order valence-corrected chi connectivity index (χ1v) is 7.94. The van der Waals surface area contributed by atoms with Gasteiger partial charge in [-0.3, -0.25) is 4.79 Å². The molecule has 1 heterocycles. The van der Waals surface area contributed by atoms with E-state index in [1.54, 1.807) is 7.48 Å². The summed E-state index contributed by atoms with van der Waals surface area (Å²) in [6.45, 7) is 12.1. The molecule has 3 nitrogen and oxygen atoms in total. The van der Waals surface area contributed by atoms with Gasteiger partial charge < -0.3 is 9.97 Å². The highest BCUT2D eigenvalue weighted by atomic mass is 32.1. The van der Waals surface area contributed by atoms with Gasteiger partial charge in [-0.25, -0.2) is 0 Å². The van der Waals surface area contributed by atoms with Gasteiger partial charge in [0.15, 0.2) is 5.78 Å². The van der Waals surface area contributed by atoms with Crippen LogP contribution in [0.25, 0.3) is 0 Å². The number of rotatable bonds is 7. The fraction of sp³-hybridized carbons (Fsp3) is 0.688. The van der Waals surface area contributed by atoms with Crippen molar-refractivity contribution in [3.63, 3.8) is 0 Å². The number of dihydropyridines is 1. The lowest BCUT2D eigenvalue weighted by molar-refractivity contribution is -0.119. The smallest absolute Gasteiger partial charge is 0.332 e. The third kappa shape index (κ3) is 4.92. The van der Waals surface area contributed by atoms with Crippen LogP contribution in [0.3, 0.4) is 0 Å². The van der Waals surface area contributed by atoms with Crippen molar-refractivity contribution in [2.75, 3.05) is 0 Å². The van der Waals surface area contributed by atoms with Crippen LogP contribution in [0.4, 0.5) is 0 Å². The molecule has 1 atom stereocenters. The molecule has 21 heavy (non-hydrogen) atoms. The molecule has 1 rings (SSSR count). The molecule has 0 amide bonds. The average Bonchev–Trinajstić information content (AvgIpc) is 2.36. The minimum Gasteiger partial charge on any atom is -0.428 e. The van der Waals surface area contributed by atoms with E-state index in [0.29, 0.717) is 6.42 Å². The number of ketones is 1. The summed E-state index contributed by atoms with van der Waals surface area (Å²) in [5.74, 6) is 0.227. The van der Waals surface area contributed by atoms with Crippen LogP contribution in [0.15, 0.2) is 23.3 Å². The van der Waals surface area contributed by atoms with Crippen LogP contribution < -0.4 is 5.32 Å². The molecule has 0 aromatic carbocycles. The molecule has 1 unspecified atom stereocenters. The van der Waals surface area contributed by atoms with Crippen molar-refractivity contribution in [3.05, 3.63) is 23.3 Å². The molecule has 0 fully saturated rings. The SMILES string of the molecule is CCCC(=O)C1C=C(C)C([B]OC(C)(C)C(C)(C)S)=CN1. The molecule has 0 aliphatic carbocycles. The Morgan fingerprint density at radius 2 is 2.05 bits per heavy atom. The first-order chi connectivity index (χ1) is 9.58. The van der Waals surface area contributed by atoms with E-state index in [4.69, 9.17) is 4.65 Å². The number of allylic oxidation sites excluding steroid dienone is 2. The Labute approximate surface area is 135 Å². The predicted molar refractivity (Wildman–Crippen MR) is 92.7 cm³/mol. The molecule has 5 heteroatoms. The second kappa shape index (κ2) is 7.06. The van der Waals surface area contributed by atoms with E-state index in [9.17, 15) is 4.79 Å². The fourth-order valence-electron chi connectivity index (χ4n) is 1.76. The van der Waals surface area contributed by atoms with Gasteiger partial charge in [0, 0.05) is 11.2 Å². The van der Waals surface area contributed by atoms with Gasteiger partial charge in [-0.2, -0.15) is 12.6 Å². The summed E-state index contributed by atoms with van der Waals surface area (Å²) >= 11 is 4.58. The third-order valence-electron chi connectivity index (χ3n) is 4.09. The first kappa shape index (κ1) is 18.4. The van der Waals surface area contributed by atoms with Crippen molar-refractivity contribution in [1.82, 2.24) is 5.32 Å². The van der Waals surface area contributed by atoms with E-state index < -0.39 is 5.60 Å². The summed E-state index contributed by atoms with van der Waals surface area (Å²) in [6, 6.07) is -0.212. The van der Waals surface area contributed by atoms with Crippen molar-refractivity contribution >= 4 is 25.9 Å². The molecule has 1 radical (unpaired) electrons. The van der Waals surface area contributed by atoms with Crippen molar-refractivity contribution in [1.29, 1.82) is 0 Å². The van der Waals surface area contributed by atoms with E-state index in [2.05, 4.69) is 17.9 Å². The second-order valence-electron chi connectivity index (χ2n) is 6.62. The molecule has 0 saturated carbocycles. The maximum atomic E-state index is 11.9. The minimum absolute atomic E-state index is 0.212. The van der Waals surface area contributed by atoms with Gasteiger partial charge in [0.05, 0.1) is 5.60 Å². The highest BCUT2D eigenvalue weighted by Gasteiger charge is 2.35. The van der Waals surface area contributed by atoms with Crippen molar-refractivity contribution < 1.29 is 9.45 Å². The van der Waals surface area contributed by atoms with Gasteiger partial charge in [-0.1, -0.05) is 18.6 Å². The maximum Gasteiger partial charge on any atom is 0.332 e. The Bertz CT molecular complexity index is 450. The van der Waals surface area contributed by atoms with E-state index in [-0.39, 0.29) is 16.6 Å². The Morgan fingerprint density at radius 1 is 1.43 bits per heavy atom. The number of nitrogens with one attached hydrogen (secondary N) is 1. The number of carbonyl (C=O) groups is 1. The third-order valence-corrected chi connectivity index (χ3v) is 4.63. The van der Waals surface area contributed by atoms with Crippen molar-refractivity contribution in [3.8, 4) is 0 Å². The molecule has 117 valence electrons. The highest BCUT2D eigenvalue weighted by molar-refractivity contribution is 7.81. The van der Waals surface area contributed by atoms with Crippen LogP contribution in [0, 0.1) is 0 Å². The van der Waals surface area contributed by atoms with E-state index >= 15 is 0 Å². The van der Waals surface area contributed by atoms with Crippen molar-refractivity contribution in [2.24, 2.45) is 0 Å². The second-order valence-corrected chi connectivity index (χ2v) is 7.73. The molecule has 0 aromatic heterocycles. The largest absolute Gasteiger partial charge is 0.428 e. The normalized spacial score (nSPS) is 19.5. The quantitative estimate of drug-likeness (QED) is 0.560. The summed E-state index contributed by atoms with van der Waals surface area (Å²) in [4.78, 5) is 11.9. The van der Waals surface area contributed by atoms with E-state index in [0.717, 1.165) is 17.5 Å². The Morgan fingerprint density at radius 3 is 2.52 bits per heavy atom.